The maximum atomic E-state index is 14.2. The monoisotopic (exact) mass is 367 g/mol. The molecule has 0 aromatic heterocycles. The number of aliphatic carboxylic acids is 1. The largest absolute Gasteiger partial charge is 0.479 e. The quantitative estimate of drug-likeness (QED) is 0.502. The predicted octanol–water partition coefficient (Wildman–Crippen LogP) is 2.91. The van der Waals surface area contributed by atoms with Crippen LogP contribution in [-0.4, -0.2) is 28.7 Å². The van der Waals surface area contributed by atoms with Crippen molar-refractivity contribution in [3.63, 3.8) is 0 Å². The SMILES string of the molecule is Cc1c(F)c(F)cc2c1C(=O)C(=O)C(C(=O)O)N2c1ccc(F)cc1F. The van der Waals surface area contributed by atoms with Crippen LogP contribution in [0.5, 0.6) is 0 Å². The summed E-state index contributed by atoms with van der Waals surface area (Å²) in [7, 11) is 0. The molecule has 0 amide bonds. The van der Waals surface area contributed by atoms with E-state index in [-0.39, 0.29) is 0 Å². The highest BCUT2D eigenvalue weighted by molar-refractivity contribution is 6.51. The van der Waals surface area contributed by atoms with E-state index in [0.717, 1.165) is 19.1 Å². The highest BCUT2D eigenvalue weighted by Gasteiger charge is 2.46. The second-order valence-electron chi connectivity index (χ2n) is 5.59. The van der Waals surface area contributed by atoms with Crippen LogP contribution in [0.3, 0.4) is 0 Å². The Hall–Kier alpha value is -3.23. The van der Waals surface area contributed by atoms with Crippen molar-refractivity contribution >= 4 is 28.9 Å². The Kier molecular flexibility index (Phi) is 4.02. The van der Waals surface area contributed by atoms with Crippen molar-refractivity contribution in [1.82, 2.24) is 0 Å². The summed E-state index contributed by atoms with van der Waals surface area (Å²) in [5, 5.41) is 9.34. The predicted molar refractivity (Wildman–Crippen MR) is 80.4 cm³/mol. The molecular formula is C17H9F4NO4. The third-order valence-electron chi connectivity index (χ3n) is 4.05. The minimum Gasteiger partial charge on any atom is -0.479 e. The lowest BCUT2D eigenvalue weighted by Crippen LogP contribution is -2.51. The summed E-state index contributed by atoms with van der Waals surface area (Å²) in [6, 6.07) is 0.357. The van der Waals surface area contributed by atoms with Crippen LogP contribution in [0, 0.1) is 30.2 Å². The maximum Gasteiger partial charge on any atom is 0.335 e. The van der Waals surface area contributed by atoms with Gasteiger partial charge in [0, 0.05) is 17.7 Å². The Balaban J connectivity index is 2.40. The van der Waals surface area contributed by atoms with Crippen molar-refractivity contribution in [3.8, 4) is 0 Å². The van der Waals surface area contributed by atoms with E-state index in [4.69, 9.17) is 0 Å². The fraction of sp³-hybridized carbons (Fsp3) is 0.118. The normalized spacial score (nSPS) is 16.7. The molecule has 134 valence electrons. The minimum atomic E-state index is -2.21. The van der Waals surface area contributed by atoms with E-state index in [1.165, 1.54) is 0 Å². The highest BCUT2D eigenvalue weighted by atomic mass is 19.2. The Morgan fingerprint density at radius 2 is 1.69 bits per heavy atom. The molecule has 1 N–H and O–H groups in total. The average molecular weight is 367 g/mol. The van der Waals surface area contributed by atoms with Gasteiger partial charge in [0.15, 0.2) is 17.7 Å². The summed E-state index contributed by atoms with van der Waals surface area (Å²) in [4.78, 5) is 36.6. The van der Waals surface area contributed by atoms with E-state index >= 15 is 0 Å². The third-order valence-corrected chi connectivity index (χ3v) is 4.05. The van der Waals surface area contributed by atoms with Crippen LogP contribution < -0.4 is 4.90 Å². The first-order chi connectivity index (χ1) is 12.1. The molecule has 1 aliphatic rings. The van der Waals surface area contributed by atoms with Gasteiger partial charge in [0.25, 0.3) is 0 Å². The van der Waals surface area contributed by atoms with Crippen molar-refractivity contribution in [3.05, 3.63) is 58.7 Å². The fourth-order valence-electron chi connectivity index (χ4n) is 2.88. The smallest absolute Gasteiger partial charge is 0.335 e. The lowest BCUT2D eigenvalue weighted by molar-refractivity contribution is -0.141. The second-order valence-corrected chi connectivity index (χ2v) is 5.59. The standard InChI is InChI=1S/C17H9F4NO4/c1-6-12-11(5-9(20)13(6)21)22(10-3-2-7(18)4-8(10)19)14(17(25)26)16(24)15(12)23/h2-5,14H,1H3,(H,25,26). The van der Waals surface area contributed by atoms with E-state index in [9.17, 15) is 37.1 Å². The van der Waals surface area contributed by atoms with Crippen molar-refractivity contribution < 1.29 is 37.1 Å². The summed E-state index contributed by atoms with van der Waals surface area (Å²) in [5.74, 6) is -9.62. The van der Waals surface area contributed by atoms with Crippen LogP contribution in [0.25, 0.3) is 0 Å². The van der Waals surface area contributed by atoms with Gasteiger partial charge in [-0.15, -0.1) is 0 Å². The Bertz CT molecular complexity index is 989. The fourth-order valence-corrected chi connectivity index (χ4v) is 2.88. The number of hydrogen-bond donors (Lipinski definition) is 1. The van der Waals surface area contributed by atoms with Gasteiger partial charge >= 0.3 is 5.97 Å². The number of carbonyl (C=O) groups is 3. The van der Waals surface area contributed by atoms with Gasteiger partial charge in [-0.25, -0.2) is 22.4 Å². The first-order valence-corrected chi connectivity index (χ1v) is 7.19. The molecule has 0 saturated carbocycles. The van der Waals surface area contributed by atoms with Gasteiger partial charge in [-0.2, -0.15) is 0 Å². The second kappa shape index (κ2) is 5.94. The highest BCUT2D eigenvalue weighted by Crippen LogP contribution is 2.40. The first-order valence-electron chi connectivity index (χ1n) is 7.19. The molecule has 5 nitrogen and oxygen atoms in total. The summed E-state index contributed by atoms with van der Waals surface area (Å²) < 4.78 is 55.1. The number of carbonyl (C=O) groups excluding carboxylic acids is 2. The number of halogens is 4. The van der Waals surface area contributed by atoms with Crippen LogP contribution in [0.1, 0.15) is 15.9 Å². The number of carboxylic acids is 1. The molecule has 0 spiro atoms. The number of fused-ring (bicyclic) bond motifs is 1. The van der Waals surface area contributed by atoms with Crippen molar-refractivity contribution in [2.75, 3.05) is 4.90 Å². The van der Waals surface area contributed by atoms with E-state index in [2.05, 4.69) is 0 Å². The summed E-state index contributed by atoms with van der Waals surface area (Å²) in [6.45, 7) is 1.03. The first kappa shape index (κ1) is 17.6. The zero-order chi connectivity index (χ0) is 19.3. The maximum absolute atomic E-state index is 14.2. The number of nitrogens with zero attached hydrogens (tertiary/aromatic N) is 1. The van der Waals surface area contributed by atoms with Crippen molar-refractivity contribution in [1.29, 1.82) is 0 Å². The number of Topliss-reactive ketones (excluding diaryl/α,β-unsaturated/α-hetero) is 2. The molecule has 9 heteroatoms. The number of benzene rings is 2. The molecule has 1 aliphatic heterocycles. The number of carboxylic acid groups (broad SMARTS) is 1. The topological polar surface area (TPSA) is 74.7 Å². The molecule has 0 aliphatic carbocycles. The van der Waals surface area contributed by atoms with Crippen LogP contribution in [0.4, 0.5) is 28.9 Å². The van der Waals surface area contributed by atoms with E-state index in [0.29, 0.717) is 17.0 Å². The van der Waals surface area contributed by atoms with Crippen LogP contribution >= 0.6 is 0 Å². The van der Waals surface area contributed by atoms with Gasteiger partial charge < -0.3 is 10.0 Å². The van der Waals surface area contributed by atoms with Crippen LogP contribution in [0.15, 0.2) is 24.3 Å². The van der Waals surface area contributed by atoms with Crippen molar-refractivity contribution in [2.24, 2.45) is 0 Å². The molecule has 1 heterocycles. The van der Waals surface area contributed by atoms with Crippen LogP contribution in [-0.2, 0) is 9.59 Å². The molecular weight excluding hydrogens is 358 g/mol. The molecule has 1 unspecified atom stereocenters. The summed E-state index contributed by atoms with van der Waals surface area (Å²) >= 11 is 0. The van der Waals surface area contributed by atoms with Gasteiger partial charge in [0.05, 0.1) is 16.9 Å². The Morgan fingerprint density at radius 3 is 2.27 bits per heavy atom. The number of anilines is 2. The molecule has 0 bridgehead atoms. The van der Waals surface area contributed by atoms with E-state index in [1.807, 2.05) is 0 Å². The molecule has 26 heavy (non-hydrogen) atoms. The average Bonchev–Trinajstić information content (AvgIpc) is 2.55. The summed E-state index contributed by atoms with van der Waals surface area (Å²) in [5.41, 5.74) is -2.17. The van der Waals surface area contributed by atoms with E-state index < -0.39 is 69.3 Å². The van der Waals surface area contributed by atoms with Gasteiger partial charge in [0.1, 0.15) is 11.6 Å². The van der Waals surface area contributed by atoms with E-state index in [1.54, 1.807) is 0 Å². The lowest BCUT2D eigenvalue weighted by Gasteiger charge is -2.35. The molecule has 1 atom stereocenters. The van der Waals surface area contributed by atoms with Gasteiger partial charge in [-0.05, 0) is 19.1 Å². The van der Waals surface area contributed by atoms with Gasteiger partial charge in [-0.1, -0.05) is 0 Å². The van der Waals surface area contributed by atoms with Crippen LogP contribution in [0.2, 0.25) is 0 Å². The molecule has 2 aromatic carbocycles. The Morgan fingerprint density at radius 1 is 1.04 bits per heavy atom. The zero-order valence-corrected chi connectivity index (χ0v) is 13.0. The molecule has 2 aromatic rings. The Labute approximate surface area is 143 Å². The number of ketones is 2. The summed E-state index contributed by atoms with van der Waals surface area (Å²) in [6.07, 6.45) is 0. The number of hydrogen-bond acceptors (Lipinski definition) is 4. The van der Waals surface area contributed by atoms with Gasteiger partial charge in [0.2, 0.25) is 11.6 Å². The van der Waals surface area contributed by atoms with Crippen molar-refractivity contribution in [2.45, 2.75) is 13.0 Å². The third kappa shape index (κ3) is 2.43. The minimum absolute atomic E-state index is 0.432. The molecule has 0 saturated heterocycles. The molecule has 3 rings (SSSR count). The zero-order valence-electron chi connectivity index (χ0n) is 13.0. The number of rotatable bonds is 2. The molecule has 0 radical (unpaired) electrons. The van der Waals surface area contributed by atoms with Gasteiger partial charge in [-0.3, -0.25) is 9.59 Å². The molecule has 0 fully saturated rings. The lowest BCUT2D eigenvalue weighted by atomic mass is 9.89.